The number of hydrogen-bond donors (Lipinski definition) is 3. The van der Waals surface area contributed by atoms with Gasteiger partial charge in [0.15, 0.2) is 29.0 Å². The van der Waals surface area contributed by atoms with Gasteiger partial charge in [0.05, 0.1) is 19.2 Å². The molecule has 2 saturated heterocycles. The van der Waals surface area contributed by atoms with Crippen LogP contribution in [0.25, 0.3) is 11.1 Å². The van der Waals surface area contributed by atoms with Gasteiger partial charge in [-0.3, -0.25) is 19.8 Å². The molecule has 3 aromatic rings. The number of rotatable bonds is 7. The number of piperazine rings is 1. The number of carbonyl (C=O) groups excluding carboxylic acids is 2. The molecule has 2 atom stereocenters. The first-order valence-corrected chi connectivity index (χ1v) is 13.1. The van der Waals surface area contributed by atoms with Crippen molar-refractivity contribution in [1.82, 2.24) is 25.4 Å². The predicted molar refractivity (Wildman–Crippen MR) is 140 cm³/mol. The fourth-order valence-electron chi connectivity index (χ4n) is 5.74. The normalized spacial score (nSPS) is 23.5. The summed E-state index contributed by atoms with van der Waals surface area (Å²) in [6, 6.07) is 8.47. The first-order chi connectivity index (χ1) is 18.8. The Hall–Kier alpha value is -3.74. The van der Waals surface area contributed by atoms with Gasteiger partial charge in [-0.05, 0) is 36.7 Å². The molecule has 2 unspecified atom stereocenters. The molecule has 39 heavy (non-hydrogen) atoms. The summed E-state index contributed by atoms with van der Waals surface area (Å²) in [4.78, 5) is 37.3. The molecule has 11 nitrogen and oxygen atoms in total. The molecule has 3 aliphatic rings. The Morgan fingerprint density at radius 2 is 2.00 bits per heavy atom. The Morgan fingerprint density at radius 1 is 1.21 bits per heavy atom. The number of nitrogens with one attached hydrogen (secondary N) is 2. The van der Waals surface area contributed by atoms with Crippen molar-refractivity contribution in [3.05, 3.63) is 53.0 Å². The molecule has 0 aliphatic carbocycles. The van der Waals surface area contributed by atoms with Gasteiger partial charge in [-0.25, -0.2) is 9.37 Å². The number of amides is 2. The fraction of sp³-hybridized carbons (Fsp3) is 0.444. The van der Waals surface area contributed by atoms with E-state index in [1.807, 2.05) is 12.1 Å². The number of methoxy groups -OCH3 is 1. The fourth-order valence-corrected chi connectivity index (χ4v) is 5.74. The molecule has 2 amide bonds. The van der Waals surface area contributed by atoms with Crippen molar-refractivity contribution in [2.45, 2.75) is 31.8 Å². The quantitative estimate of drug-likeness (QED) is 0.409. The van der Waals surface area contributed by atoms with Crippen LogP contribution in [-0.2, 0) is 16.9 Å². The second-order valence-corrected chi connectivity index (χ2v) is 10.2. The van der Waals surface area contributed by atoms with E-state index in [0.717, 1.165) is 45.0 Å². The van der Waals surface area contributed by atoms with E-state index in [-0.39, 0.29) is 30.2 Å². The van der Waals surface area contributed by atoms with Crippen molar-refractivity contribution in [1.29, 1.82) is 0 Å². The van der Waals surface area contributed by atoms with Crippen LogP contribution < -0.4 is 20.3 Å². The van der Waals surface area contributed by atoms with Gasteiger partial charge in [0, 0.05) is 38.8 Å². The molecule has 5 heterocycles. The van der Waals surface area contributed by atoms with Crippen LogP contribution in [-0.4, -0.2) is 84.4 Å². The van der Waals surface area contributed by atoms with E-state index >= 15 is 0 Å². The topological polar surface area (TPSA) is 123 Å². The maximum Gasteiger partial charge on any atom is 0.257 e. The molecule has 0 bridgehead atoms. The number of halogens is 1. The lowest BCUT2D eigenvalue weighted by Crippen LogP contribution is -2.53. The lowest BCUT2D eigenvalue weighted by molar-refractivity contribution is -0.125. The van der Waals surface area contributed by atoms with Gasteiger partial charge in [-0.2, -0.15) is 0 Å². The van der Waals surface area contributed by atoms with Crippen LogP contribution in [0.4, 0.5) is 10.2 Å². The molecule has 12 heteroatoms. The molecule has 0 saturated carbocycles. The molecule has 6 rings (SSSR count). The summed E-state index contributed by atoms with van der Waals surface area (Å²) in [6.45, 7) is 6.81. The van der Waals surface area contributed by atoms with Crippen molar-refractivity contribution in [2.24, 2.45) is 0 Å². The van der Waals surface area contributed by atoms with Gasteiger partial charge in [-0.15, -0.1) is 0 Å². The van der Waals surface area contributed by atoms with Gasteiger partial charge in [-0.1, -0.05) is 13.0 Å². The van der Waals surface area contributed by atoms with Crippen LogP contribution in [0, 0.1) is 5.82 Å². The number of fused-ring (bicyclic) bond motifs is 2. The smallest absolute Gasteiger partial charge is 0.257 e. The number of hydrogen-bond acceptors (Lipinski definition) is 9. The molecule has 2 fully saturated rings. The second-order valence-electron chi connectivity index (χ2n) is 10.2. The van der Waals surface area contributed by atoms with E-state index in [9.17, 15) is 19.1 Å². The zero-order chi connectivity index (χ0) is 27.3. The third-order valence-electron chi connectivity index (χ3n) is 7.76. The molecule has 3 N–H and O–H groups in total. The molecule has 3 aliphatic heterocycles. The number of ether oxygens (including phenoxy) is 1. The number of carbonyl (C=O) groups is 2. The Bertz CT molecular complexity index is 1440. The summed E-state index contributed by atoms with van der Waals surface area (Å²) in [5, 5.41) is 15.6. The number of furan rings is 1. The number of pyridine rings is 1. The number of aromatic nitrogens is 1. The van der Waals surface area contributed by atoms with Gasteiger partial charge < -0.3 is 29.4 Å². The average Bonchev–Trinajstić information content (AvgIpc) is 3.58. The number of anilines is 1. The largest absolute Gasteiger partial charge is 0.494 e. The van der Waals surface area contributed by atoms with Crippen molar-refractivity contribution in [2.75, 3.05) is 51.3 Å². The average molecular weight is 539 g/mol. The highest BCUT2D eigenvalue weighted by atomic mass is 19.1. The SMILES string of the molecule is CCCN1CCN(c2ccc3oc(C4(CN5Cc6ccc(OC)c(F)c6C5=O)NC(O)NC4=O)cc3n2)CC1. The lowest BCUT2D eigenvalue weighted by atomic mass is 9.95. The molecular weight excluding hydrogens is 507 g/mol. The Balaban J connectivity index is 1.30. The molecule has 1 aromatic carbocycles. The lowest BCUT2D eigenvalue weighted by Gasteiger charge is -2.35. The van der Waals surface area contributed by atoms with E-state index in [1.54, 1.807) is 12.1 Å². The van der Waals surface area contributed by atoms with Crippen LogP contribution in [0.1, 0.15) is 35.0 Å². The van der Waals surface area contributed by atoms with Crippen molar-refractivity contribution in [3.63, 3.8) is 0 Å². The third-order valence-corrected chi connectivity index (χ3v) is 7.76. The Kier molecular flexibility index (Phi) is 6.40. The second kappa shape index (κ2) is 9.78. The number of benzene rings is 1. The Labute approximate surface area is 224 Å². The highest BCUT2D eigenvalue weighted by Gasteiger charge is 2.53. The van der Waals surface area contributed by atoms with Gasteiger partial charge in [0.2, 0.25) is 0 Å². The summed E-state index contributed by atoms with van der Waals surface area (Å²) in [5.74, 6) is -0.893. The van der Waals surface area contributed by atoms with Crippen LogP contribution in [0.5, 0.6) is 5.75 Å². The molecule has 2 aromatic heterocycles. The first kappa shape index (κ1) is 25.5. The zero-order valence-electron chi connectivity index (χ0n) is 21.9. The summed E-state index contributed by atoms with van der Waals surface area (Å²) in [7, 11) is 1.33. The van der Waals surface area contributed by atoms with Crippen molar-refractivity contribution in [3.8, 4) is 5.75 Å². The summed E-state index contributed by atoms with van der Waals surface area (Å²) in [6.07, 6.45) is -0.233. The van der Waals surface area contributed by atoms with Crippen molar-refractivity contribution < 1.29 is 28.2 Å². The molecule has 0 radical (unpaired) electrons. The number of nitrogens with zero attached hydrogens (tertiary/aromatic N) is 4. The molecule has 0 spiro atoms. The standard InChI is InChI=1S/C27H31FN6O5/c1-3-8-32-9-11-33(12-10-32)21-7-6-18-17(29-21)13-20(39-18)27(25(36)30-26(37)31-27)15-34-14-16-4-5-19(38-2)23(28)22(16)24(34)35/h4-7,13,26,31,37H,3,8-12,14-15H2,1-2H3,(H,30,36). The minimum atomic E-state index is -1.61. The monoisotopic (exact) mass is 538 g/mol. The predicted octanol–water partition coefficient (Wildman–Crippen LogP) is 1.35. The maximum absolute atomic E-state index is 14.9. The summed E-state index contributed by atoms with van der Waals surface area (Å²) < 4.78 is 26.0. The maximum atomic E-state index is 14.9. The van der Waals surface area contributed by atoms with Crippen molar-refractivity contribution >= 4 is 28.7 Å². The summed E-state index contributed by atoms with van der Waals surface area (Å²) >= 11 is 0. The van der Waals surface area contributed by atoms with Crippen LogP contribution in [0.3, 0.4) is 0 Å². The number of aliphatic hydroxyl groups excluding tert-OH is 1. The zero-order valence-corrected chi connectivity index (χ0v) is 21.9. The van der Waals surface area contributed by atoms with E-state index in [0.29, 0.717) is 16.7 Å². The van der Waals surface area contributed by atoms with E-state index in [4.69, 9.17) is 14.1 Å². The van der Waals surface area contributed by atoms with E-state index in [2.05, 4.69) is 27.4 Å². The first-order valence-electron chi connectivity index (χ1n) is 13.1. The highest BCUT2D eigenvalue weighted by Crippen LogP contribution is 2.36. The van der Waals surface area contributed by atoms with Crippen LogP contribution >= 0.6 is 0 Å². The molecule has 206 valence electrons. The van der Waals surface area contributed by atoms with Crippen LogP contribution in [0.15, 0.2) is 34.7 Å². The van der Waals surface area contributed by atoms with Gasteiger partial charge >= 0.3 is 0 Å². The highest BCUT2D eigenvalue weighted by molar-refractivity contribution is 6.00. The van der Waals surface area contributed by atoms with E-state index in [1.165, 1.54) is 18.1 Å². The van der Waals surface area contributed by atoms with Gasteiger partial charge in [0.25, 0.3) is 11.8 Å². The minimum absolute atomic E-state index is 0.0308. The van der Waals surface area contributed by atoms with Gasteiger partial charge in [0.1, 0.15) is 17.1 Å². The Morgan fingerprint density at radius 3 is 2.69 bits per heavy atom. The number of aliphatic hydroxyl groups is 1. The van der Waals surface area contributed by atoms with E-state index < -0.39 is 29.5 Å². The molecular formula is C27H31FN6O5. The third kappa shape index (κ3) is 4.28. The summed E-state index contributed by atoms with van der Waals surface area (Å²) in [5.41, 5.74) is -0.174. The minimum Gasteiger partial charge on any atom is -0.494 e. The van der Waals surface area contributed by atoms with Crippen LogP contribution in [0.2, 0.25) is 0 Å².